The highest BCUT2D eigenvalue weighted by molar-refractivity contribution is 9.10. The third-order valence-electron chi connectivity index (χ3n) is 4.58. The van der Waals surface area contributed by atoms with Gasteiger partial charge in [0.05, 0.1) is 19.4 Å². The minimum absolute atomic E-state index is 0.124. The lowest BCUT2D eigenvalue weighted by Crippen LogP contribution is -2.25. The largest absolute Gasteiger partial charge is 0.493 e. The molecule has 7 heteroatoms. The van der Waals surface area contributed by atoms with Crippen LogP contribution < -0.4 is 19.6 Å². The Morgan fingerprint density at radius 2 is 1.78 bits per heavy atom. The van der Waals surface area contributed by atoms with Crippen LogP contribution in [0, 0.1) is 6.92 Å². The third kappa shape index (κ3) is 7.86. The van der Waals surface area contributed by atoms with Crippen molar-refractivity contribution in [2.24, 2.45) is 5.10 Å². The van der Waals surface area contributed by atoms with Crippen molar-refractivity contribution in [1.82, 2.24) is 5.43 Å². The smallest absolute Gasteiger partial charge is 0.277 e. The fourth-order valence-electron chi connectivity index (χ4n) is 2.86. The SMILES string of the molecule is CCCOc1ccc(/C=N/NC(=O)COc2cc(C)c(Br)cc2C(C)C)c(OCCC)c1. The molecule has 2 aromatic rings. The standard InChI is InChI=1S/C25H33BrN2O4/c1-6-10-30-20-9-8-19(23(13-20)31-11-7-2)15-27-28-25(29)16-32-24-12-18(5)22(26)14-21(24)17(3)4/h8-9,12-15,17H,6-7,10-11,16H2,1-5H3,(H,28,29)/b27-15+. The molecule has 0 aliphatic heterocycles. The molecule has 1 N–H and O–H groups in total. The number of amides is 1. The van der Waals surface area contributed by atoms with Gasteiger partial charge in [0, 0.05) is 16.1 Å². The van der Waals surface area contributed by atoms with E-state index < -0.39 is 0 Å². The van der Waals surface area contributed by atoms with Gasteiger partial charge in [0.2, 0.25) is 0 Å². The van der Waals surface area contributed by atoms with Gasteiger partial charge >= 0.3 is 0 Å². The lowest BCUT2D eigenvalue weighted by Gasteiger charge is -2.15. The molecule has 0 aromatic heterocycles. The molecule has 0 spiro atoms. The Labute approximate surface area is 199 Å². The van der Waals surface area contributed by atoms with Crippen molar-refractivity contribution in [1.29, 1.82) is 0 Å². The molecule has 0 saturated carbocycles. The van der Waals surface area contributed by atoms with Crippen molar-refractivity contribution in [2.75, 3.05) is 19.8 Å². The fourth-order valence-corrected chi connectivity index (χ4v) is 3.23. The number of ether oxygens (including phenoxy) is 3. The van der Waals surface area contributed by atoms with Gasteiger partial charge in [-0.1, -0.05) is 43.6 Å². The average Bonchev–Trinajstić information content (AvgIpc) is 2.77. The molecule has 0 unspecified atom stereocenters. The molecular formula is C25H33BrN2O4. The first-order chi connectivity index (χ1) is 15.3. The number of aryl methyl sites for hydroxylation is 1. The Hall–Kier alpha value is -2.54. The van der Waals surface area contributed by atoms with Crippen LogP contribution >= 0.6 is 15.9 Å². The van der Waals surface area contributed by atoms with Gasteiger partial charge in [-0.2, -0.15) is 5.10 Å². The molecule has 174 valence electrons. The van der Waals surface area contributed by atoms with Gasteiger partial charge in [-0.25, -0.2) is 5.43 Å². The molecule has 0 atom stereocenters. The predicted molar refractivity (Wildman–Crippen MR) is 132 cm³/mol. The Balaban J connectivity index is 2.00. The Morgan fingerprint density at radius 3 is 2.47 bits per heavy atom. The lowest BCUT2D eigenvalue weighted by molar-refractivity contribution is -0.123. The second-order valence-corrected chi connectivity index (χ2v) is 8.63. The van der Waals surface area contributed by atoms with Crippen LogP contribution in [0.5, 0.6) is 17.2 Å². The maximum Gasteiger partial charge on any atom is 0.277 e. The van der Waals surface area contributed by atoms with Crippen molar-refractivity contribution < 1.29 is 19.0 Å². The van der Waals surface area contributed by atoms with Crippen molar-refractivity contribution in [2.45, 2.75) is 53.4 Å². The zero-order valence-electron chi connectivity index (χ0n) is 19.5. The predicted octanol–water partition coefficient (Wildman–Crippen LogP) is 5.99. The van der Waals surface area contributed by atoms with Crippen LogP contribution in [0.15, 0.2) is 39.9 Å². The number of benzene rings is 2. The van der Waals surface area contributed by atoms with Crippen LogP contribution in [0.25, 0.3) is 0 Å². The van der Waals surface area contributed by atoms with Gasteiger partial charge in [0.1, 0.15) is 17.2 Å². The van der Waals surface area contributed by atoms with Crippen LogP contribution in [0.2, 0.25) is 0 Å². The molecule has 0 saturated heterocycles. The van der Waals surface area contributed by atoms with Crippen molar-refractivity contribution in [3.05, 3.63) is 51.5 Å². The van der Waals surface area contributed by atoms with E-state index >= 15 is 0 Å². The molecular weight excluding hydrogens is 472 g/mol. The highest BCUT2D eigenvalue weighted by atomic mass is 79.9. The average molecular weight is 505 g/mol. The number of hydrogen-bond donors (Lipinski definition) is 1. The van der Waals surface area contributed by atoms with E-state index in [9.17, 15) is 4.79 Å². The molecule has 0 aliphatic carbocycles. The summed E-state index contributed by atoms with van der Waals surface area (Å²) in [5, 5.41) is 4.07. The van der Waals surface area contributed by atoms with Gasteiger partial charge in [-0.3, -0.25) is 4.79 Å². The second kappa shape index (κ2) is 13.1. The molecule has 2 aromatic carbocycles. The monoisotopic (exact) mass is 504 g/mol. The number of rotatable bonds is 12. The maximum absolute atomic E-state index is 12.3. The van der Waals surface area contributed by atoms with Gasteiger partial charge in [-0.05, 0) is 61.1 Å². The zero-order valence-corrected chi connectivity index (χ0v) is 21.1. The first kappa shape index (κ1) is 25.7. The first-order valence-corrected chi connectivity index (χ1v) is 11.8. The molecule has 0 aliphatic rings. The van der Waals surface area contributed by atoms with E-state index in [1.54, 1.807) is 6.21 Å². The molecule has 0 radical (unpaired) electrons. The normalized spacial score (nSPS) is 11.1. The van der Waals surface area contributed by atoms with Gasteiger partial charge in [-0.15, -0.1) is 0 Å². The number of carbonyl (C=O) groups is 1. The Bertz CT molecular complexity index is 928. The summed E-state index contributed by atoms with van der Waals surface area (Å²) in [6.45, 7) is 11.4. The molecule has 6 nitrogen and oxygen atoms in total. The molecule has 0 heterocycles. The number of nitrogens with zero attached hydrogens (tertiary/aromatic N) is 1. The summed E-state index contributed by atoms with van der Waals surface area (Å²) in [6, 6.07) is 9.55. The molecule has 0 bridgehead atoms. The van der Waals surface area contributed by atoms with Crippen LogP contribution in [0.3, 0.4) is 0 Å². The van der Waals surface area contributed by atoms with E-state index in [1.807, 2.05) is 44.2 Å². The summed E-state index contributed by atoms with van der Waals surface area (Å²) in [7, 11) is 0. The molecule has 1 amide bonds. The summed E-state index contributed by atoms with van der Waals surface area (Å²) >= 11 is 3.55. The van der Waals surface area contributed by atoms with Gasteiger partial charge in [0.25, 0.3) is 5.91 Å². The highest BCUT2D eigenvalue weighted by Crippen LogP contribution is 2.32. The minimum Gasteiger partial charge on any atom is -0.493 e. The number of carbonyl (C=O) groups excluding carboxylic acids is 1. The van der Waals surface area contributed by atoms with Crippen molar-refractivity contribution >= 4 is 28.1 Å². The first-order valence-electron chi connectivity index (χ1n) is 11.0. The minimum atomic E-state index is -0.338. The van der Waals surface area contributed by atoms with Crippen LogP contribution in [0.4, 0.5) is 0 Å². The number of hydrazone groups is 1. The second-order valence-electron chi connectivity index (χ2n) is 7.77. The quantitative estimate of drug-likeness (QED) is 0.284. The molecule has 0 fully saturated rings. The molecule has 32 heavy (non-hydrogen) atoms. The van der Waals surface area contributed by atoms with Crippen LogP contribution in [-0.2, 0) is 4.79 Å². The van der Waals surface area contributed by atoms with E-state index in [2.05, 4.69) is 47.2 Å². The van der Waals surface area contributed by atoms with E-state index in [-0.39, 0.29) is 18.4 Å². The van der Waals surface area contributed by atoms with Gasteiger partial charge < -0.3 is 14.2 Å². The summed E-state index contributed by atoms with van der Waals surface area (Å²) in [6.07, 6.45) is 3.38. The van der Waals surface area contributed by atoms with E-state index in [0.717, 1.165) is 39.8 Å². The number of nitrogens with one attached hydrogen (secondary N) is 1. The van der Waals surface area contributed by atoms with Crippen LogP contribution in [0.1, 0.15) is 63.1 Å². The third-order valence-corrected chi connectivity index (χ3v) is 5.44. The topological polar surface area (TPSA) is 69.2 Å². The summed E-state index contributed by atoms with van der Waals surface area (Å²) < 4.78 is 18.3. The van der Waals surface area contributed by atoms with E-state index in [0.29, 0.717) is 24.7 Å². The molecule has 2 rings (SSSR count). The number of hydrogen-bond acceptors (Lipinski definition) is 5. The van der Waals surface area contributed by atoms with Crippen LogP contribution in [-0.4, -0.2) is 31.9 Å². The Kier molecular flexibility index (Phi) is 10.5. The summed E-state index contributed by atoms with van der Waals surface area (Å²) in [4.78, 5) is 12.3. The van der Waals surface area contributed by atoms with Crippen molar-refractivity contribution in [3.63, 3.8) is 0 Å². The lowest BCUT2D eigenvalue weighted by atomic mass is 10.0. The summed E-state index contributed by atoms with van der Waals surface area (Å²) in [5.41, 5.74) is 5.37. The van der Waals surface area contributed by atoms with Crippen molar-refractivity contribution in [3.8, 4) is 17.2 Å². The number of halogens is 1. The maximum atomic E-state index is 12.3. The van der Waals surface area contributed by atoms with E-state index in [1.165, 1.54) is 0 Å². The fraction of sp³-hybridized carbons (Fsp3) is 0.440. The summed E-state index contributed by atoms with van der Waals surface area (Å²) in [5.74, 6) is 2.06. The Morgan fingerprint density at radius 1 is 1.06 bits per heavy atom. The zero-order chi connectivity index (χ0) is 23.5. The van der Waals surface area contributed by atoms with E-state index in [4.69, 9.17) is 14.2 Å². The highest BCUT2D eigenvalue weighted by Gasteiger charge is 2.12. The van der Waals surface area contributed by atoms with Gasteiger partial charge in [0.15, 0.2) is 6.61 Å².